The Labute approximate surface area is 128 Å². The highest BCUT2D eigenvalue weighted by atomic mass is 15.3. The van der Waals surface area contributed by atoms with Crippen molar-refractivity contribution in [3.63, 3.8) is 0 Å². The van der Waals surface area contributed by atoms with E-state index in [2.05, 4.69) is 62.0 Å². The van der Waals surface area contributed by atoms with Gasteiger partial charge in [-0.3, -0.25) is 0 Å². The molecule has 0 fully saturated rings. The molecule has 0 radical (unpaired) electrons. The minimum Gasteiger partial charge on any atom is -0.317 e. The molecular weight excluding hydrogens is 258 g/mol. The number of rotatable bonds is 7. The van der Waals surface area contributed by atoms with Crippen molar-refractivity contribution in [1.82, 2.24) is 15.1 Å². The van der Waals surface area contributed by atoms with Gasteiger partial charge >= 0.3 is 0 Å². The third-order valence-electron chi connectivity index (χ3n) is 3.89. The summed E-state index contributed by atoms with van der Waals surface area (Å²) in [7, 11) is 0. The van der Waals surface area contributed by atoms with Gasteiger partial charge in [-0.2, -0.15) is 5.10 Å². The number of benzene rings is 1. The molecule has 0 aliphatic heterocycles. The van der Waals surface area contributed by atoms with E-state index < -0.39 is 0 Å². The number of aromatic nitrogens is 2. The van der Waals surface area contributed by atoms with Gasteiger partial charge in [0.2, 0.25) is 0 Å². The average Bonchev–Trinajstić information content (AvgIpc) is 2.85. The number of hydrogen-bond donors (Lipinski definition) is 1. The predicted octanol–water partition coefficient (Wildman–Crippen LogP) is 3.46. The maximum atomic E-state index is 4.88. The van der Waals surface area contributed by atoms with E-state index in [0.29, 0.717) is 0 Å². The molecule has 3 nitrogen and oxygen atoms in total. The Morgan fingerprint density at radius 2 is 1.95 bits per heavy atom. The molecule has 2 aromatic rings. The molecule has 114 valence electrons. The molecule has 1 aromatic heterocycles. The largest absolute Gasteiger partial charge is 0.317 e. The van der Waals surface area contributed by atoms with Gasteiger partial charge in [0, 0.05) is 5.69 Å². The van der Waals surface area contributed by atoms with Gasteiger partial charge in [0.1, 0.15) is 0 Å². The summed E-state index contributed by atoms with van der Waals surface area (Å²) in [5.74, 6) is 0. The Kier molecular flexibility index (Phi) is 5.57. The van der Waals surface area contributed by atoms with Crippen LogP contribution in [0.2, 0.25) is 0 Å². The van der Waals surface area contributed by atoms with Gasteiger partial charge in [0.25, 0.3) is 0 Å². The van der Waals surface area contributed by atoms with Crippen LogP contribution in [0.4, 0.5) is 0 Å². The molecule has 3 heteroatoms. The van der Waals surface area contributed by atoms with E-state index in [-0.39, 0.29) is 0 Å². The van der Waals surface area contributed by atoms with E-state index in [1.54, 1.807) is 0 Å². The Bertz CT molecular complexity index is 584. The first-order valence-corrected chi connectivity index (χ1v) is 8.08. The van der Waals surface area contributed by atoms with Crippen molar-refractivity contribution < 1.29 is 0 Å². The highest BCUT2D eigenvalue weighted by molar-refractivity contribution is 5.40. The lowest BCUT2D eigenvalue weighted by Crippen LogP contribution is -2.17. The van der Waals surface area contributed by atoms with Crippen molar-refractivity contribution in [3.05, 3.63) is 46.8 Å². The van der Waals surface area contributed by atoms with Crippen molar-refractivity contribution in [2.45, 2.75) is 47.0 Å². The average molecular weight is 285 g/mol. The summed E-state index contributed by atoms with van der Waals surface area (Å²) in [6.07, 6.45) is 3.07. The molecule has 0 saturated carbocycles. The van der Waals surface area contributed by atoms with Crippen LogP contribution in [-0.4, -0.2) is 22.9 Å². The number of nitrogens with one attached hydrogen (secondary N) is 1. The highest BCUT2D eigenvalue weighted by Gasteiger charge is 2.16. The molecule has 1 heterocycles. The number of aryl methyl sites for hydroxylation is 2. The van der Waals surface area contributed by atoms with Crippen LogP contribution in [-0.2, 0) is 19.3 Å². The molecule has 0 amide bonds. The van der Waals surface area contributed by atoms with Gasteiger partial charge in [0.05, 0.1) is 11.4 Å². The molecule has 0 aliphatic rings. The molecule has 1 aromatic carbocycles. The fourth-order valence-corrected chi connectivity index (χ4v) is 2.84. The van der Waals surface area contributed by atoms with Crippen LogP contribution in [0.1, 0.15) is 43.3 Å². The van der Waals surface area contributed by atoms with Crippen LogP contribution in [0, 0.1) is 6.92 Å². The van der Waals surface area contributed by atoms with Crippen LogP contribution in [0.3, 0.4) is 0 Å². The van der Waals surface area contributed by atoms with Gasteiger partial charge in [-0.15, -0.1) is 0 Å². The third-order valence-corrected chi connectivity index (χ3v) is 3.89. The summed E-state index contributed by atoms with van der Waals surface area (Å²) < 4.78 is 2.15. The maximum Gasteiger partial charge on any atom is 0.0661 e. The minimum absolute atomic E-state index is 0.993. The topological polar surface area (TPSA) is 29.9 Å². The molecule has 1 N–H and O–H groups in total. The van der Waals surface area contributed by atoms with E-state index in [0.717, 1.165) is 32.4 Å². The van der Waals surface area contributed by atoms with Crippen LogP contribution < -0.4 is 5.32 Å². The van der Waals surface area contributed by atoms with Gasteiger partial charge in [0.15, 0.2) is 0 Å². The van der Waals surface area contributed by atoms with Crippen molar-refractivity contribution in [2.24, 2.45) is 0 Å². The minimum atomic E-state index is 0.993. The van der Waals surface area contributed by atoms with Crippen molar-refractivity contribution in [2.75, 3.05) is 13.1 Å². The van der Waals surface area contributed by atoms with Crippen LogP contribution in [0.25, 0.3) is 5.69 Å². The zero-order chi connectivity index (χ0) is 15.2. The van der Waals surface area contributed by atoms with Crippen LogP contribution >= 0.6 is 0 Å². The summed E-state index contributed by atoms with van der Waals surface area (Å²) in [4.78, 5) is 0. The van der Waals surface area contributed by atoms with E-state index in [4.69, 9.17) is 5.10 Å². The first-order valence-electron chi connectivity index (χ1n) is 8.08. The number of hydrogen-bond acceptors (Lipinski definition) is 2. The Balaban J connectivity index is 2.42. The molecule has 0 unspecified atom stereocenters. The Morgan fingerprint density at radius 1 is 1.14 bits per heavy atom. The summed E-state index contributed by atoms with van der Waals surface area (Å²) in [5, 5.41) is 8.30. The van der Waals surface area contributed by atoms with Gasteiger partial charge in [-0.1, -0.05) is 32.9 Å². The molecular formula is C18H27N3. The predicted molar refractivity (Wildman–Crippen MR) is 89.3 cm³/mol. The maximum absolute atomic E-state index is 4.88. The lowest BCUT2D eigenvalue weighted by Gasteiger charge is -2.09. The van der Waals surface area contributed by atoms with Crippen molar-refractivity contribution in [1.29, 1.82) is 0 Å². The molecule has 2 rings (SSSR count). The number of nitrogens with zero attached hydrogens (tertiary/aromatic N) is 2. The molecule has 0 spiro atoms. The lowest BCUT2D eigenvalue weighted by atomic mass is 10.1. The van der Waals surface area contributed by atoms with Crippen molar-refractivity contribution in [3.8, 4) is 5.69 Å². The Hall–Kier alpha value is -1.61. The zero-order valence-corrected chi connectivity index (χ0v) is 13.7. The second kappa shape index (κ2) is 7.41. The van der Waals surface area contributed by atoms with Crippen molar-refractivity contribution >= 4 is 0 Å². The van der Waals surface area contributed by atoms with E-state index in [9.17, 15) is 0 Å². The van der Waals surface area contributed by atoms with Gasteiger partial charge < -0.3 is 5.32 Å². The zero-order valence-electron chi connectivity index (χ0n) is 13.7. The SMILES string of the molecule is CCNCCc1c(CC)nn(-c2cccc(C)c2)c1CC. The van der Waals surface area contributed by atoms with E-state index >= 15 is 0 Å². The monoisotopic (exact) mass is 285 g/mol. The smallest absolute Gasteiger partial charge is 0.0661 e. The molecule has 21 heavy (non-hydrogen) atoms. The molecule has 0 saturated heterocycles. The number of likely N-dealkylation sites (N-methyl/N-ethyl adjacent to an activating group) is 1. The quantitative estimate of drug-likeness (QED) is 0.790. The summed E-state index contributed by atoms with van der Waals surface area (Å²) >= 11 is 0. The van der Waals surface area contributed by atoms with Gasteiger partial charge in [-0.25, -0.2) is 4.68 Å². The normalized spacial score (nSPS) is 11.0. The summed E-state index contributed by atoms with van der Waals surface area (Å²) in [5.41, 5.74) is 6.48. The second-order valence-corrected chi connectivity index (χ2v) is 5.43. The standard InChI is InChI=1S/C18H27N3/c1-5-17-16(11-12-19-7-3)18(6-2)21(20-17)15-10-8-9-14(4)13-15/h8-10,13,19H,5-7,11-12H2,1-4H3. The van der Waals surface area contributed by atoms with Gasteiger partial charge in [-0.05, 0) is 62.5 Å². The molecule has 0 atom stereocenters. The molecule has 0 aliphatic carbocycles. The lowest BCUT2D eigenvalue weighted by molar-refractivity contribution is 0.709. The third kappa shape index (κ3) is 3.53. The summed E-state index contributed by atoms with van der Waals surface area (Å²) in [6.45, 7) is 10.7. The summed E-state index contributed by atoms with van der Waals surface area (Å²) in [6, 6.07) is 8.59. The Morgan fingerprint density at radius 3 is 2.57 bits per heavy atom. The highest BCUT2D eigenvalue weighted by Crippen LogP contribution is 2.21. The van der Waals surface area contributed by atoms with E-state index in [1.165, 1.54) is 28.2 Å². The fourth-order valence-electron chi connectivity index (χ4n) is 2.84. The molecule has 0 bridgehead atoms. The van der Waals surface area contributed by atoms with Crippen LogP contribution in [0.15, 0.2) is 24.3 Å². The first kappa shape index (κ1) is 15.8. The fraction of sp³-hybridized carbons (Fsp3) is 0.500. The van der Waals surface area contributed by atoms with Crippen LogP contribution in [0.5, 0.6) is 0 Å². The van der Waals surface area contributed by atoms with E-state index in [1.807, 2.05) is 0 Å². The first-order chi connectivity index (χ1) is 10.2. The second-order valence-electron chi connectivity index (χ2n) is 5.43.